The lowest BCUT2D eigenvalue weighted by Crippen LogP contribution is -2.45. The number of nitrogens with one attached hydrogen (secondary N) is 2. The van der Waals surface area contributed by atoms with Crippen molar-refractivity contribution in [2.45, 2.75) is 71.9 Å². The summed E-state index contributed by atoms with van der Waals surface area (Å²) in [5.41, 5.74) is 2.88. The molecule has 1 aliphatic heterocycles. The average molecular weight is 510 g/mol. The van der Waals surface area contributed by atoms with Crippen LogP contribution in [-0.2, 0) is 11.3 Å². The molecule has 2 fully saturated rings. The fourth-order valence-electron chi connectivity index (χ4n) is 5.59. The predicted molar refractivity (Wildman–Crippen MR) is 147 cm³/mol. The second-order valence-electron chi connectivity index (χ2n) is 11.6. The van der Waals surface area contributed by atoms with Gasteiger partial charge in [-0.2, -0.15) is 0 Å². The van der Waals surface area contributed by atoms with Crippen LogP contribution in [0.25, 0.3) is 0 Å². The molecule has 2 amide bonds. The molecule has 4 rings (SSSR count). The molecule has 194 valence electrons. The zero-order valence-electron chi connectivity index (χ0n) is 21.9. The van der Waals surface area contributed by atoms with Crippen molar-refractivity contribution >= 4 is 29.1 Å². The maximum Gasteiger partial charge on any atom is 0.255 e. The number of anilines is 1. The lowest BCUT2D eigenvalue weighted by molar-refractivity contribution is -0.127. The molecular formula is C30H40ClN3O2. The number of carbonyl (C=O) groups excluding carboxylic acids is 2. The number of nitrogens with zero attached hydrogens (tertiary/aromatic N) is 1. The number of halogens is 1. The molecule has 0 unspecified atom stereocenters. The summed E-state index contributed by atoms with van der Waals surface area (Å²) in [7, 11) is 0. The maximum absolute atomic E-state index is 12.9. The van der Waals surface area contributed by atoms with E-state index in [1.54, 1.807) is 24.3 Å². The average Bonchev–Trinajstić information content (AvgIpc) is 2.85. The van der Waals surface area contributed by atoms with Crippen molar-refractivity contribution < 1.29 is 9.59 Å². The zero-order chi connectivity index (χ0) is 25.7. The largest absolute Gasteiger partial charge is 0.353 e. The molecule has 6 heteroatoms. The van der Waals surface area contributed by atoms with Crippen molar-refractivity contribution in [3.8, 4) is 0 Å². The first-order valence-electron chi connectivity index (χ1n) is 13.4. The summed E-state index contributed by atoms with van der Waals surface area (Å²) in [5, 5.41) is 6.94. The van der Waals surface area contributed by atoms with Crippen LogP contribution in [0.1, 0.15) is 75.2 Å². The first-order valence-corrected chi connectivity index (χ1v) is 13.7. The van der Waals surface area contributed by atoms with Gasteiger partial charge in [0, 0.05) is 34.8 Å². The fraction of sp³-hybridized carbons (Fsp3) is 0.533. The molecule has 2 N–H and O–H groups in total. The van der Waals surface area contributed by atoms with E-state index in [0.29, 0.717) is 22.0 Å². The molecule has 0 spiro atoms. The fourth-order valence-corrected chi connectivity index (χ4v) is 5.71. The Bertz CT molecular complexity index is 1030. The van der Waals surface area contributed by atoms with Gasteiger partial charge in [0.1, 0.15) is 0 Å². The van der Waals surface area contributed by atoms with Crippen molar-refractivity contribution in [3.63, 3.8) is 0 Å². The molecule has 0 bridgehead atoms. The number of benzene rings is 2. The van der Waals surface area contributed by atoms with Crippen molar-refractivity contribution in [1.82, 2.24) is 10.2 Å². The number of hydrogen-bond acceptors (Lipinski definition) is 3. The molecular weight excluding hydrogens is 470 g/mol. The van der Waals surface area contributed by atoms with E-state index < -0.39 is 0 Å². The molecule has 1 saturated heterocycles. The van der Waals surface area contributed by atoms with Gasteiger partial charge in [0.2, 0.25) is 5.91 Å². The Kier molecular flexibility index (Phi) is 8.74. The standard InChI is InChI=1S/C30H40ClN3O2/c1-30(2,3)24-9-13-26(14-10-24)32-29(36)23-15-17-34(18-16-23)20-21-5-4-6-27(19-21)33-28(35)22-7-11-25(31)12-8-22/h4-8,11-12,19,23-24,26H,9-10,13-18,20H2,1-3H3,(H,32,36)(H,33,35). The van der Waals surface area contributed by atoms with Gasteiger partial charge in [0.05, 0.1) is 0 Å². The van der Waals surface area contributed by atoms with Gasteiger partial charge < -0.3 is 10.6 Å². The summed E-state index contributed by atoms with van der Waals surface area (Å²) >= 11 is 5.92. The van der Waals surface area contributed by atoms with E-state index in [1.807, 2.05) is 18.2 Å². The van der Waals surface area contributed by atoms with Crippen LogP contribution in [0.2, 0.25) is 5.02 Å². The quantitative estimate of drug-likeness (QED) is 0.465. The van der Waals surface area contributed by atoms with Gasteiger partial charge in [-0.1, -0.05) is 44.5 Å². The van der Waals surface area contributed by atoms with E-state index in [4.69, 9.17) is 11.6 Å². The smallest absolute Gasteiger partial charge is 0.255 e. The van der Waals surface area contributed by atoms with Crippen LogP contribution < -0.4 is 10.6 Å². The number of piperidine rings is 1. The molecule has 1 aliphatic carbocycles. The Morgan fingerprint density at radius 2 is 1.61 bits per heavy atom. The Hall–Kier alpha value is -2.37. The molecule has 1 saturated carbocycles. The van der Waals surface area contributed by atoms with Crippen LogP contribution in [0.15, 0.2) is 48.5 Å². The highest BCUT2D eigenvalue weighted by atomic mass is 35.5. The number of hydrogen-bond donors (Lipinski definition) is 2. The second kappa shape index (κ2) is 11.8. The van der Waals surface area contributed by atoms with E-state index >= 15 is 0 Å². The first-order chi connectivity index (χ1) is 17.2. The van der Waals surface area contributed by atoms with Gasteiger partial charge in [0.15, 0.2) is 0 Å². The summed E-state index contributed by atoms with van der Waals surface area (Å²) in [5.74, 6) is 0.980. The van der Waals surface area contributed by atoms with Crippen molar-refractivity contribution in [2.75, 3.05) is 18.4 Å². The summed E-state index contributed by atoms with van der Waals surface area (Å²) in [6.45, 7) is 9.64. The molecule has 36 heavy (non-hydrogen) atoms. The lowest BCUT2D eigenvalue weighted by atomic mass is 9.71. The van der Waals surface area contributed by atoms with Crippen LogP contribution in [-0.4, -0.2) is 35.8 Å². The minimum atomic E-state index is -0.150. The van der Waals surface area contributed by atoms with Gasteiger partial charge >= 0.3 is 0 Å². The Morgan fingerprint density at radius 1 is 0.944 bits per heavy atom. The maximum atomic E-state index is 12.9. The molecule has 2 aromatic carbocycles. The number of rotatable bonds is 6. The van der Waals surface area contributed by atoms with E-state index in [1.165, 1.54) is 12.8 Å². The molecule has 2 aromatic rings. The highest BCUT2D eigenvalue weighted by molar-refractivity contribution is 6.30. The summed E-state index contributed by atoms with van der Waals surface area (Å²) < 4.78 is 0. The lowest BCUT2D eigenvalue weighted by Gasteiger charge is -2.38. The Labute approximate surface area is 221 Å². The number of likely N-dealkylation sites (tertiary alicyclic amines) is 1. The van der Waals surface area contributed by atoms with Crippen molar-refractivity contribution in [3.05, 3.63) is 64.7 Å². The van der Waals surface area contributed by atoms with Crippen LogP contribution >= 0.6 is 11.6 Å². The van der Waals surface area contributed by atoms with E-state index in [2.05, 4.69) is 42.4 Å². The molecule has 0 atom stereocenters. The van der Waals surface area contributed by atoms with Crippen molar-refractivity contribution in [1.29, 1.82) is 0 Å². The van der Waals surface area contributed by atoms with Crippen molar-refractivity contribution in [2.24, 2.45) is 17.3 Å². The van der Waals surface area contributed by atoms with E-state index in [9.17, 15) is 9.59 Å². The highest BCUT2D eigenvalue weighted by Crippen LogP contribution is 2.37. The third-order valence-electron chi connectivity index (χ3n) is 7.95. The van der Waals surface area contributed by atoms with Crippen LogP contribution in [0.4, 0.5) is 5.69 Å². The minimum Gasteiger partial charge on any atom is -0.353 e. The number of carbonyl (C=O) groups is 2. The monoisotopic (exact) mass is 509 g/mol. The van der Waals surface area contributed by atoms with Crippen LogP contribution in [0.5, 0.6) is 0 Å². The number of amides is 2. The second-order valence-corrected chi connectivity index (χ2v) is 12.1. The predicted octanol–water partition coefficient (Wildman–Crippen LogP) is 6.53. The third-order valence-corrected chi connectivity index (χ3v) is 8.21. The van der Waals surface area contributed by atoms with E-state index in [0.717, 1.165) is 62.5 Å². The van der Waals surface area contributed by atoms with Gasteiger partial charge in [-0.15, -0.1) is 0 Å². The summed E-state index contributed by atoms with van der Waals surface area (Å²) in [6, 6.07) is 15.2. The molecule has 0 radical (unpaired) electrons. The molecule has 0 aromatic heterocycles. The van der Waals surface area contributed by atoms with Gasteiger partial charge in [0.25, 0.3) is 5.91 Å². The van der Waals surface area contributed by atoms with Gasteiger partial charge in [-0.25, -0.2) is 0 Å². The van der Waals surface area contributed by atoms with Crippen LogP contribution in [0, 0.1) is 17.3 Å². The normalized spacial score (nSPS) is 21.7. The van der Waals surface area contributed by atoms with Crippen LogP contribution in [0.3, 0.4) is 0 Å². The zero-order valence-corrected chi connectivity index (χ0v) is 22.6. The molecule has 1 heterocycles. The third kappa shape index (κ3) is 7.33. The molecule has 2 aliphatic rings. The Balaban J connectivity index is 1.21. The summed E-state index contributed by atoms with van der Waals surface area (Å²) in [6.07, 6.45) is 6.44. The first kappa shape index (κ1) is 26.7. The van der Waals surface area contributed by atoms with E-state index in [-0.39, 0.29) is 17.7 Å². The SMILES string of the molecule is CC(C)(C)C1CCC(NC(=O)C2CCN(Cc3cccc(NC(=O)c4ccc(Cl)cc4)c3)CC2)CC1. The Morgan fingerprint density at radius 3 is 2.25 bits per heavy atom. The topological polar surface area (TPSA) is 61.4 Å². The highest BCUT2D eigenvalue weighted by Gasteiger charge is 2.32. The van der Waals surface area contributed by atoms with Gasteiger partial charge in [-0.3, -0.25) is 14.5 Å². The minimum absolute atomic E-state index is 0.117. The van der Waals surface area contributed by atoms with Gasteiger partial charge in [-0.05, 0) is 105 Å². The molecule has 5 nitrogen and oxygen atoms in total. The summed E-state index contributed by atoms with van der Waals surface area (Å²) in [4.78, 5) is 27.8.